The molecule has 0 aliphatic rings. The lowest BCUT2D eigenvalue weighted by molar-refractivity contribution is -0.329. The standard InChI is InChI=1S/C22H36O3/c1-17(2)18-12-11-13-19(16-18)22(6,7)25-24-20(23)14-9-8-10-15-21(3,4)5/h11-13,16-17H,8-10,14-15H2,1-7H3. The third kappa shape index (κ3) is 8.53. The van der Waals surface area contributed by atoms with Crippen molar-refractivity contribution in [2.75, 3.05) is 0 Å². The quantitative estimate of drug-likeness (QED) is 0.289. The van der Waals surface area contributed by atoms with Crippen LogP contribution in [0.15, 0.2) is 24.3 Å². The van der Waals surface area contributed by atoms with Crippen LogP contribution in [0.4, 0.5) is 0 Å². The number of hydrogen-bond donors (Lipinski definition) is 0. The van der Waals surface area contributed by atoms with Crippen molar-refractivity contribution in [2.45, 2.75) is 92.1 Å². The van der Waals surface area contributed by atoms with Gasteiger partial charge in [0.05, 0.1) is 0 Å². The normalized spacial score (nSPS) is 12.5. The molecule has 0 atom stereocenters. The maximum absolute atomic E-state index is 11.9. The fourth-order valence-corrected chi connectivity index (χ4v) is 2.61. The molecule has 3 nitrogen and oxygen atoms in total. The smallest absolute Gasteiger partial charge is 0.297 e. The van der Waals surface area contributed by atoms with E-state index in [9.17, 15) is 4.79 Å². The van der Waals surface area contributed by atoms with Crippen LogP contribution in [0.25, 0.3) is 0 Å². The summed E-state index contributed by atoms with van der Waals surface area (Å²) in [5, 5.41) is 0. The Kier molecular flexibility index (Phi) is 8.14. The van der Waals surface area contributed by atoms with E-state index < -0.39 is 5.60 Å². The van der Waals surface area contributed by atoms with Gasteiger partial charge in [0.1, 0.15) is 5.60 Å². The minimum absolute atomic E-state index is 0.288. The highest BCUT2D eigenvalue weighted by Gasteiger charge is 2.25. The summed E-state index contributed by atoms with van der Waals surface area (Å²) in [4.78, 5) is 22.5. The Morgan fingerprint density at radius 2 is 1.72 bits per heavy atom. The first-order valence-electron chi connectivity index (χ1n) is 9.50. The second kappa shape index (κ2) is 9.38. The molecule has 1 aromatic carbocycles. The lowest BCUT2D eigenvalue weighted by Crippen LogP contribution is -2.24. The van der Waals surface area contributed by atoms with Crippen molar-refractivity contribution in [1.29, 1.82) is 0 Å². The molecule has 0 saturated carbocycles. The van der Waals surface area contributed by atoms with Gasteiger partial charge in [-0.3, -0.25) is 4.89 Å². The zero-order chi connectivity index (χ0) is 19.1. The molecule has 0 saturated heterocycles. The first-order valence-corrected chi connectivity index (χ1v) is 9.50. The molecule has 0 radical (unpaired) electrons. The molecule has 0 aliphatic heterocycles. The number of unbranched alkanes of at least 4 members (excludes halogenated alkanes) is 2. The van der Waals surface area contributed by atoms with Gasteiger partial charge in [-0.05, 0) is 49.1 Å². The number of carbonyl (C=O) groups is 1. The van der Waals surface area contributed by atoms with Crippen molar-refractivity contribution in [3.63, 3.8) is 0 Å². The van der Waals surface area contributed by atoms with Crippen molar-refractivity contribution in [1.82, 2.24) is 0 Å². The van der Waals surface area contributed by atoms with Crippen LogP contribution in [0.3, 0.4) is 0 Å². The lowest BCUT2D eigenvalue weighted by atomic mass is 9.89. The molecule has 0 aliphatic carbocycles. The Labute approximate surface area is 154 Å². The van der Waals surface area contributed by atoms with Gasteiger partial charge < -0.3 is 0 Å². The molecule has 0 bridgehead atoms. The minimum Gasteiger partial charge on any atom is -0.297 e. The van der Waals surface area contributed by atoms with E-state index in [1.54, 1.807) is 0 Å². The molecule has 25 heavy (non-hydrogen) atoms. The van der Waals surface area contributed by atoms with Crippen LogP contribution in [-0.2, 0) is 20.2 Å². The van der Waals surface area contributed by atoms with Crippen LogP contribution in [0.2, 0.25) is 0 Å². The monoisotopic (exact) mass is 348 g/mol. The maximum Gasteiger partial charge on any atom is 0.342 e. The summed E-state index contributed by atoms with van der Waals surface area (Å²) in [5.74, 6) is 0.162. The van der Waals surface area contributed by atoms with Crippen molar-refractivity contribution in [3.8, 4) is 0 Å². The van der Waals surface area contributed by atoms with Gasteiger partial charge in [-0.1, -0.05) is 71.7 Å². The first kappa shape index (κ1) is 21.7. The molecule has 1 aromatic rings. The molecule has 0 unspecified atom stereocenters. The van der Waals surface area contributed by atoms with Crippen LogP contribution in [-0.4, -0.2) is 5.97 Å². The fourth-order valence-electron chi connectivity index (χ4n) is 2.61. The van der Waals surface area contributed by atoms with Gasteiger partial charge in [-0.2, -0.15) is 4.89 Å². The second-order valence-corrected chi connectivity index (χ2v) is 8.95. The predicted octanol–water partition coefficient (Wildman–Crippen LogP) is 6.52. The zero-order valence-electron chi connectivity index (χ0n) is 17.1. The van der Waals surface area contributed by atoms with Crippen molar-refractivity contribution in [3.05, 3.63) is 35.4 Å². The number of carbonyl (C=O) groups excluding carboxylic acids is 1. The van der Waals surface area contributed by atoms with Gasteiger partial charge in [-0.15, -0.1) is 0 Å². The van der Waals surface area contributed by atoms with E-state index in [2.05, 4.69) is 46.8 Å². The van der Waals surface area contributed by atoms with Gasteiger partial charge in [0.25, 0.3) is 0 Å². The second-order valence-electron chi connectivity index (χ2n) is 8.95. The fraction of sp³-hybridized carbons (Fsp3) is 0.682. The first-order chi connectivity index (χ1) is 11.5. The maximum atomic E-state index is 11.9. The number of hydrogen-bond acceptors (Lipinski definition) is 3. The average molecular weight is 349 g/mol. The summed E-state index contributed by atoms with van der Waals surface area (Å²) < 4.78 is 0. The molecule has 0 aromatic heterocycles. The molecule has 0 fully saturated rings. The van der Waals surface area contributed by atoms with E-state index in [0.29, 0.717) is 17.8 Å². The van der Waals surface area contributed by atoms with E-state index in [4.69, 9.17) is 9.78 Å². The number of benzene rings is 1. The third-order valence-corrected chi connectivity index (χ3v) is 4.40. The molecule has 0 amide bonds. The van der Waals surface area contributed by atoms with Crippen LogP contribution < -0.4 is 0 Å². The third-order valence-electron chi connectivity index (χ3n) is 4.40. The molecular formula is C22H36O3. The van der Waals surface area contributed by atoms with Crippen LogP contribution in [0.5, 0.6) is 0 Å². The summed E-state index contributed by atoms with van der Waals surface area (Å²) in [6.45, 7) is 14.9. The summed E-state index contributed by atoms with van der Waals surface area (Å²) in [6, 6.07) is 8.25. The van der Waals surface area contributed by atoms with Crippen LogP contribution >= 0.6 is 0 Å². The van der Waals surface area contributed by atoms with E-state index in [1.165, 1.54) is 12.0 Å². The van der Waals surface area contributed by atoms with Gasteiger partial charge in [-0.25, -0.2) is 4.79 Å². The predicted molar refractivity (Wildman–Crippen MR) is 103 cm³/mol. The van der Waals surface area contributed by atoms with Crippen molar-refractivity contribution >= 4 is 5.97 Å². The SMILES string of the molecule is CC(C)c1cccc(C(C)(C)OOC(=O)CCCCCC(C)(C)C)c1. The molecule has 0 spiro atoms. The van der Waals surface area contributed by atoms with Gasteiger partial charge >= 0.3 is 5.97 Å². The summed E-state index contributed by atoms with van der Waals surface area (Å²) in [6.07, 6.45) is 4.63. The van der Waals surface area contributed by atoms with E-state index >= 15 is 0 Å². The topological polar surface area (TPSA) is 35.5 Å². The summed E-state index contributed by atoms with van der Waals surface area (Å²) >= 11 is 0. The number of rotatable bonds is 9. The van der Waals surface area contributed by atoms with Gasteiger partial charge in [0, 0.05) is 6.42 Å². The largest absolute Gasteiger partial charge is 0.342 e. The molecule has 3 heteroatoms. The highest BCUT2D eigenvalue weighted by atomic mass is 17.2. The van der Waals surface area contributed by atoms with Crippen LogP contribution in [0.1, 0.15) is 97.6 Å². The van der Waals surface area contributed by atoms with Crippen molar-refractivity contribution in [2.24, 2.45) is 5.41 Å². The summed E-state index contributed by atoms with van der Waals surface area (Å²) in [5.41, 5.74) is 1.96. The molecule has 0 heterocycles. The Bertz CT molecular complexity index is 538. The Morgan fingerprint density at radius 1 is 1.04 bits per heavy atom. The highest BCUT2D eigenvalue weighted by Crippen LogP contribution is 2.28. The van der Waals surface area contributed by atoms with E-state index in [-0.39, 0.29) is 5.97 Å². The molecule has 1 rings (SSSR count). The molecule has 0 N–H and O–H groups in total. The molecule has 142 valence electrons. The van der Waals surface area contributed by atoms with Crippen molar-refractivity contribution < 1.29 is 14.6 Å². The Hall–Kier alpha value is -1.35. The zero-order valence-corrected chi connectivity index (χ0v) is 17.1. The lowest BCUT2D eigenvalue weighted by Gasteiger charge is -2.24. The summed E-state index contributed by atoms with van der Waals surface area (Å²) in [7, 11) is 0. The Balaban J connectivity index is 2.40. The van der Waals surface area contributed by atoms with E-state index in [0.717, 1.165) is 24.8 Å². The van der Waals surface area contributed by atoms with Gasteiger partial charge in [0.2, 0.25) is 0 Å². The average Bonchev–Trinajstić information content (AvgIpc) is 2.51. The highest BCUT2D eigenvalue weighted by molar-refractivity contribution is 5.68. The van der Waals surface area contributed by atoms with E-state index in [1.807, 2.05) is 26.0 Å². The van der Waals surface area contributed by atoms with Gasteiger partial charge in [0.15, 0.2) is 0 Å². The Morgan fingerprint density at radius 3 is 2.32 bits per heavy atom. The minimum atomic E-state index is -0.660. The molecular weight excluding hydrogens is 312 g/mol. The van der Waals surface area contributed by atoms with Crippen LogP contribution in [0, 0.1) is 5.41 Å².